The van der Waals surface area contributed by atoms with Crippen LogP contribution in [0.1, 0.15) is 47.9 Å². The predicted molar refractivity (Wildman–Crippen MR) is 103 cm³/mol. The first-order chi connectivity index (χ1) is 12.5. The van der Waals surface area contributed by atoms with Gasteiger partial charge in [0.25, 0.3) is 5.91 Å². The van der Waals surface area contributed by atoms with E-state index in [2.05, 4.69) is 16.4 Å². The summed E-state index contributed by atoms with van der Waals surface area (Å²) in [7, 11) is 0. The monoisotopic (exact) mass is 357 g/mol. The molecule has 1 saturated heterocycles. The maximum absolute atomic E-state index is 13.8. The van der Waals surface area contributed by atoms with Crippen molar-refractivity contribution < 1.29 is 9.18 Å². The van der Waals surface area contributed by atoms with Gasteiger partial charge in [0, 0.05) is 30.0 Å². The van der Waals surface area contributed by atoms with Crippen molar-refractivity contribution in [2.45, 2.75) is 46.1 Å². The SMILES string of the molecule is CCc1c(-c2cccc(F)c2)c(C(N)=O)c(C)n1CCN1CCCCC1. The minimum Gasteiger partial charge on any atom is -0.366 e. The summed E-state index contributed by atoms with van der Waals surface area (Å²) in [5.41, 5.74) is 9.67. The molecule has 4 nitrogen and oxygen atoms in total. The average Bonchev–Trinajstić information content (AvgIpc) is 2.92. The van der Waals surface area contributed by atoms with Crippen LogP contribution in [-0.2, 0) is 13.0 Å². The van der Waals surface area contributed by atoms with Crippen LogP contribution in [0.5, 0.6) is 0 Å². The molecule has 0 atom stereocenters. The molecule has 5 heteroatoms. The van der Waals surface area contributed by atoms with Crippen LogP contribution in [0, 0.1) is 12.7 Å². The largest absolute Gasteiger partial charge is 0.366 e. The third-order valence-electron chi connectivity index (χ3n) is 5.41. The maximum atomic E-state index is 13.8. The van der Waals surface area contributed by atoms with Gasteiger partial charge in [-0.3, -0.25) is 4.79 Å². The second-order valence-electron chi connectivity index (χ2n) is 7.06. The van der Waals surface area contributed by atoms with Gasteiger partial charge in [0.05, 0.1) is 5.56 Å². The van der Waals surface area contributed by atoms with Crippen molar-refractivity contribution in [3.05, 3.63) is 47.0 Å². The van der Waals surface area contributed by atoms with Crippen molar-refractivity contribution in [1.29, 1.82) is 0 Å². The Morgan fingerprint density at radius 1 is 1.19 bits per heavy atom. The molecule has 2 heterocycles. The number of amides is 1. The quantitative estimate of drug-likeness (QED) is 0.856. The highest BCUT2D eigenvalue weighted by molar-refractivity contribution is 6.02. The zero-order valence-electron chi connectivity index (χ0n) is 15.7. The summed E-state index contributed by atoms with van der Waals surface area (Å²) in [6.07, 6.45) is 4.59. The van der Waals surface area contributed by atoms with Gasteiger partial charge in [0.15, 0.2) is 0 Å². The number of carbonyl (C=O) groups is 1. The van der Waals surface area contributed by atoms with Crippen molar-refractivity contribution in [2.24, 2.45) is 5.73 Å². The van der Waals surface area contributed by atoms with Gasteiger partial charge in [-0.25, -0.2) is 4.39 Å². The van der Waals surface area contributed by atoms with Gasteiger partial charge < -0.3 is 15.2 Å². The van der Waals surface area contributed by atoms with Crippen LogP contribution < -0.4 is 5.73 Å². The molecule has 0 unspecified atom stereocenters. The number of piperidine rings is 1. The highest BCUT2D eigenvalue weighted by Gasteiger charge is 2.24. The van der Waals surface area contributed by atoms with E-state index in [1.165, 1.54) is 31.4 Å². The topological polar surface area (TPSA) is 51.3 Å². The van der Waals surface area contributed by atoms with Gasteiger partial charge >= 0.3 is 0 Å². The minimum absolute atomic E-state index is 0.307. The van der Waals surface area contributed by atoms with Gasteiger partial charge in [-0.05, 0) is 57.0 Å². The highest BCUT2D eigenvalue weighted by atomic mass is 19.1. The Labute approximate surface area is 154 Å². The number of halogens is 1. The van der Waals surface area contributed by atoms with E-state index in [0.29, 0.717) is 5.56 Å². The van der Waals surface area contributed by atoms with Crippen molar-refractivity contribution in [2.75, 3.05) is 19.6 Å². The van der Waals surface area contributed by atoms with E-state index in [4.69, 9.17) is 5.73 Å². The molecule has 26 heavy (non-hydrogen) atoms. The van der Waals surface area contributed by atoms with Crippen molar-refractivity contribution in [3.8, 4) is 11.1 Å². The number of hydrogen-bond donors (Lipinski definition) is 1. The highest BCUT2D eigenvalue weighted by Crippen LogP contribution is 2.33. The van der Waals surface area contributed by atoms with Crippen LogP contribution in [0.3, 0.4) is 0 Å². The van der Waals surface area contributed by atoms with Crippen molar-refractivity contribution in [3.63, 3.8) is 0 Å². The van der Waals surface area contributed by atoms with Gasteiger partial charge in [0.1, 0.15) is 5.82 Å². The molecule has 1 fully saturated rings. The molecular weight excluding hydrogens is 329 g/mol. The fourth-order valence-electron chi connectivity index (χ4n) is 4.15. The van der Waals surface area contributed by atoms with Crippen molar-refractivity contribution >= 4 is 5.91 Å². The molecule has 1 aliphatic rings. The smallest absolute Gasteiger partial charge is 0.251 e. The number of nitrogens with two attached hydrogens (primary N) is 1. The summed E-state index contributed by atoms with van der Waals surface area (Å²) < 4.78 is 16.0. The summed E-state index contributed by atoms with van der Waals surface area (Å²) in [6, 6.07) is 6.42. The molecule has 2 aromatic rings. The van der Waals surface area contributed by atoms with Crippen LogP contribution in [0.4, 0.5) is 4.39 Å². The molecule has 0 radical (unpaired) electrons. The molecule has 0 saturated carbocycles. The van der Waals surface area contributed by atoms with E-state index in [1.807, 2.05) is 13.0 Å². The van der Waals surface area contributed by atoms with Crippen LogP contribution in [0.2, 0.25) is 0 Å². The summed E-state index contributed by atoms with van der Waals surface area (Å²) in [6.45, 7) is 8.08. The lowest BCUT2D eigenvalue weighted by atomic mass is 9.99. The number of rotatable bonds is 6. The minimum atomic E-state index is -0.451. The van der Waals surface area contributed by atoms with Gasteiger partial charge in [-0.2, -0.15) is 0 Å². The second kappa shape index (κ2) is 8.04. The van der Waals surface area contributed by atoms with E-state index in [-0.39, 0.29) is 5.82 Å². The maximum Gasteiger partial charge on any atom is 0.251 e. The first-order valence-electron chi connectivity index (χ1n) is 9.53. The van der Waals surface area contributed by atoms with Crippen LogP contribution >= 0.6 is 0 Å². The lowest BCUT2D eigenvalue weighted by Gasteiger charge is -2.27. The first kappa shape index (κ1) is 18.6. The van der Waals surface area contributed by atoms with E-state index in [9.17, 15) is 9.18 Å². The molecule has 0 spiro atoms. The number of aromatic nitrogens is 1. The normalized spacial score (nSPS) is 15.3. The van der Waals surface area contributed by atoms with Gasteiger partial charge in [-0.15, -0.1) is 0 Å². The van der Waals surface area contributed by atoms with Crippen LogP contribution in [0.15, 0.2) is 24.3 Å². The number of carbonyl (C=O) groups excluding carboxylic acids is 1. The molecule has 2 N–H and O–H groups in total. The molecule has 0 bridgehead atoms. The summed E-state index contributed by atoms with van der Waals surface area (Å²) in [4.78, 5) is 14.7. The number of hydrogen-bond acceptors (Lipinski definition) is 2. The van der Waals surface area contributed by atoms with E-state index >= 15 is 0 Å². The number of benzene rings is 1. The van der Waals surface area contributed by atoms with Gasteiger partial charge in [-0.1, -0.05) is 25.5 Å². The molecule has 1 aromatic heterocycles. The predicted octanol–water partition coefficient (Wildman–Crippen LogP) is 3.75. The first-order valence-corrected chi connectivity index (χ1v) is 9.53. The number of nitrogens with zero attached hydrogens (tertiary/aromatic N) is 2. The summed E-state index contributed by atoms with van der Waals surface area (Å²) in [5.74, 6) is -0.758. The third kappa shape index (κ3) is 3.68. The molecule has 140 valence electrons. The number of likely N-dealkylation sites (tertiary alicyclic amines) is 1. The third-order valence-corrected chi connectivity index (χ3v) is 5.41. The van der Waals surface area contributed by atoms with Crippen molar-refractivity contribution in [1.82, 2.24) is 9.47 Å². The van der Waals surface area contributed by atoms with Crippen LogP contribution in [0.25, 0.3) is 11.1 Å². The molecule has 1 aromatic carbocycles. The Kier molecular flexibility index (Phi) is 5.77. The Bertz CT molecular complexity index is 791. The Morgan fingerprint density at radius 2 is 1.92 bits per heavy atom. The Hall–Kier alpha value is -2.14. The standard InChI is InChI=1S/C21H28FN3O/c1-3-18-20(16-8-7-9-17(22)14-16)19(21(23)26)15(2)25(18)13-12-24-10-5-4-6-11-24/h7-9,14H,3-6,10-13H2,1-2H3,(H2,23,26). The average molecular weight is 357 g/mol. The summed E-state index contributed by atoms with van der Waals surface area (Å²) in [5, 5.41) is 0. The molecule has 0 aliphatic carbocycles. The van der Waals surface area contributed by atoms with Crippen LogP contribution in [-0.4, -0.2) is 35.0 Å². The Balaban J connectivity index is 2.01. The fourth-order valence-corrected chi connectivity index (χ4v) is 4.15. The lowest BCUT2D eigenvalue weighted by molar-refractivity contribution is 0.1000. The van der Waals surface area contributed by atoms with Gasteiger partial charge in [0.2, 0.25) is 0 Å². The van der Waals surface area contributed by atoms with E-state index in [0.717, 1.165) is 55.1 Å². The lowest BCUT2D eigenvalue weighted by Crippen LogP contribution is -2.33. The molecule has 1 amide bonds. The van der Waals surface area contributed by atoms with E-state index < -0.39 is 5.91 Å². The zero-order chi connectivity index (χ0) is 18.7. The molecular formula is C21H28FN3O. The second-order valence-corrected chi connectivity index (χ2v) is 7.06. The summed E-state index contributed by atoms with van der Waals surface area (Å²) >= 11 is 0. The van der Waals surface area contributed by atoms with E-state index in [1.54, 1.807) is 6.07 Å². The zero-order valence-corrected chi connectivity index (χ0v) is 15.7. The molecule has 1 aliphatic heterocycles. The number of primary amides is 1. The molecule has 3 rings (SSSR count). The Morgan fingerprint density at radius 3 is 2.54 bits per heavy atom. The fraction of sp³-hybridized carbons (Fsp3) is 0.476.